The van der Waals surface area contributed by atoms with Gasteiger partial charge in [-0.05, 0) is 37.3 Å². The Morgan fingerprint density at radius 1 is 1.10 bits per heavy atom. The number of fused-ring (bicyclic) bond motifs is 1. The Kier molecular flexibility index (Phi) is 12.9. The van der Waals surface area contributed by atoms with Crippen molar-refractivity contribution in [3.05, 3.63) is 97.1 Å². The predicted molar refractivity (Wildman–Crippen MR) is 197 cm³/mol. The summed E-state index contributed by atoms with van der Waals surface area (Å²) in [6.07, 6.45) is 5.46. The number of hydrogen-bond donors (Lipinski definition) is 2. The van der Waals surface area contributed by atoms with E-state index in [2.05, 4.69) is 41.3 Å². The topological polar surface area (TPSA) is 125 Å². The van der Waals surface area contributed by atoms with Crippen molar-refractivity contribution in [1.29, 1.82) is 0 Å². The number of amides is 3. The first-order chi connectivity index (χ1) is 24.6. The Morgan fingerprint density at radius 2 is 1.76 bits per heavy atom. The number of nitrogens with zero attached hydrogens (tertiary/aromatic N) is 2. The molecular weight excluding hydrogens is 714 g/mol. The molecule has 3 saturated heterocycles. The second-order valence-electron chi connectivity index (χ2n) is 13.7. The van der Waals surface area contributed by atoms with Gasteiger partial charge in [-0.15, -0.1) is 13.2 Å². The quantitative estimate of drug-likeness (QED) is 0.0899. The standard InChI is InChI=1S/C40H50BrN3O7/c1-5-8-16-23-43(22-7-3)38(48)36-40-24-29(41)35(51-40)32(33(40)37(47)44(36)30(25-45)27-17-12-10-13-18-27)39(49)50-34(28-19-14-11-15-20-28)26(4)42-31(46)21-9-6-2/h6-7,10-15,17-20,26,29-30,32-36,45H,2-3,5,8-9,16,21-25H2,1,4H3,(H,42,46)/t26-,29?,30-,32+,33-,34-,35+,36+,40-/m1/s1. The van der Waals surface area contributed by atoms with Crippen LogP contribution < -0.4 is 5.32 Å². The average molecular weight is 765 g/mol. The first kappa shape index (κ1) is 38.4. The molecule has 3 fully saturated rings. The number of carbonyl (C=O) groups is 4. The minimum Gasteiger partial charge on any atom is -0.455 e. The van der Waals surface area contributed by atoms with Crippen molar-refractivity contribution in [2.75, 3.05) is 19.7 Å². The van der Waals surface area contributed by atoms with E-state index in [1.54, 1.807) is 24.0 Å². The number of nitrogens with one attached hydrogen (secondary N) is 1. The zero-order chi connectivity index (χ0) is 36.7. The van der Waals surface area contributed by atoms with E-state index < -0.39 is 66.3 Å². The number of unbranched alkanes of at least 4 members (excludes halogenated alkanes) is 2. The maximum Gasteiger partial charge on any atom is 0.313 e. The SMILES string of the molecule is C=CCCC(=O)N[C@H](C)[C@@H](OC(=O)[C@@H]1[C@H]2O[C@@]3(CC2Br)[C@H](C(=O)N(CC=C)CCCCC)N([C@H](CO)c2ccccc2)C(=O)[C@@H]13)c1ccccc1. The number of ether oxygens (including phenoxy) is 2. The maximum absolute atomic E-state index is 14.9. The smallest absolute Gasteiger partial charge is 0.313 e. The number of rotatable bonds is 18. The summed E-state index contributed by atoms with van der Waals surface area (Å²) in [6, 6.07) is 15.7. The number of hydrogen-bond acceptors (Lipinski definition) is 7. The highest BCUT2D eigenvalue weighted by Gasteiger charge is 2.77. The van der Waals surface area contributed by atoms with Crippen molar-refractivity contribution in [3.63, 3.8) is 0 Å². The summed E-state index contributed by atoms with van der Waals surface area (Å²) < 4.78 is 13.1. The minimum atomic E-state index is -1.35. The second-order valence-corrected chi connectivity index (χ2v) is 14.9. The third kappa shape index (κ3) is 7.71. The van der Waals surface area contributed by atoms with Crippen LogP contribution in [0.2, 0.25) is 0 Å². The van der Waals surface area contributed by atoms with Crippen LogP contribution in [0.15, 0.2) is 86.0 Å². The van der Waals surface area contributed by atoms with E-state index in [-0.39, 0.29) is 29.6 Å². The van der Waals surface area contributed by atoms with E-state index in [0.29, 0.717) is 30.5 Å². The molecule has 2 bridgehead atoms. The Bertz CT molecular complexity index is 1560. The lowest BCUT2D eigenvalue weighted by Crippen LogP contribution is -2.57. The maximum atomic E-state index is 14.9. The van der Waals surface area contributed by atoms with Crippen molar-refractivity contribution < 1.29 is 33.8 Å². The van der Waals surface area contributed by atoms with Crippen LogP contribution in [0.3, 0.4) is 0 Å². The third-order valence-electron chi connectivity index (χ3n) is 10.4. The van der Waals surface area contributed by atoms with Gasteiger partial charge < -0.3 is 29.7 Å². The Hall–Kier alpha value is -3.80. The number of esters is 1. The molecule has 51 heavy (non-hydrogen) atoms. The molecule has 3 heterocycles. The van der Waals surface area contributed by atoms with Gasteiger partial charge in [0.15, 0.2) is 0 Å². The third-order valence-corrected chi connectivity index (χ3v) is 11.3. The van der Waals surface area contributed by atoms with E-state index in [9.17, 15) is 24.3 Å². The number of aliphatic hydroxyl groups is 1. The lowest BCUT2D eigenvalue weighted by Gasteiger charge is -2.39. The van der Waals surface area contributed by atoms with Crippen molar-refractivity contribution in [2.45, 2.75) is 93.1 Å². The van der Waals surface area contributed by atoms with Gasteiger partial charge in [0.1, 0.15) is 17.7 Å². The number of allylic oxidation sites excluding steroid dienone is 1. The van der Waals surface area contributed by atoms with Crippen LogP contribution >= 0.6 is 15.9 Å². The molecule has 2 aromatic rings. The highest BCUT2D eigenvalue weighted by molar-refractivity contribution is 9.09. The molecule has 1 unspecified atom stereocenters. The van der Waals surface area contributed by atoms with Crippen LogP contribution in [-0.4, -0.2) is 86.9 Å². The van der Waals surface area contributed by atoms with Crippen molar-refractivity contribution in [2.24, 2.45) is 11.8 Å². The van der Waals surface area contributed by atoms with Gasteiger partial charge >= 0.3 is 5.97 Å². The molecule has 2 aromatic carbocycles. The molecule has 9 atom stereocenters. The highest BCUT2D eigenvalue weighted by Crippen LogP contribution is 2.61. The molecule has 0 saturated carbocycles. The van der Waals surface area contributed by atoms with Gasteiger partial charge in [0.2, 0.25) is 17.7 Å². The van der Waals surface area contributed by atoms with E-state index in [1.165, 1.54) is 4.90 Å². The van der Waals surface area contributed by atoms with Gasteiger partial charge in [-0.1, -0.05) is 109 Å². The Morgan fingerprint density at radius 3 is 2.37 bits per heavy atom. The molecule has 5 rings (SSSR count). The number of likely N-dealkylation sites (tertiary alicyclic amines) is 1. The van der Waals surface area contributed by atoms with Crippen LogP contribution in [-0.2, 0) is 28.7 Å². The number of halogens is 1. The summed E-state index contributed by atoms with van der Waals surface area (Å²) in [6.45, 7) is 11.7. The summed E-state index contributed by atoms with van der Waals surface area (Å²) in [4.78, 5) is 59.8. The number of alkyl halides is 1. The molecule has 0 aliphatic carbocycles. The van der Waals surface area contributed by atoms with Crippen LogP contribution in [0.5, 0.6) is 0 Å². The minimum absolute atomic E-state index is 0.205. The average Bonchev–Trinajstić information content (AvgIpc) is 3.73. The molecule has 11 heteroatoms. The fourth-order valence-corrected chi connectivity index (χ4v) is 9.04. The molecular formula is C40H50BrN3O7. The first-order valence-electron chi connectivity index (χ1n) is 18.0. The molecule has 274 valence electrons. The lowest BCUT2D eigenvalue weighted by molar-refractivity contribution is -0.162. The van der Waals surface area contributed by atoms with Crippen molar-refractivity contribution >= 4 is 39.6 Å². The van der Waals surface area contributed by atoms with Gasteiger partial charge in [-0.2, -0.15) is 0 Å². The van der Waals surface area contributed by atoms with Crippen LogP contribution in [0.4, 0.5) is 0 Å². The number of benzene rings is 2. The summed E-state index contributed by atoms with van der Waals surface area (Å²) in [7, 11) is 0. The lowest BCUT2D eigenvalue weighted by atomic mass is 9.70. The predicted octanol–water partition coefficient (Wildman–Crippen LogP) is 5.43. The molecule has 2 N–H and O–H groups in total. The van der Waals surface area contributed by atoms with E-state index in [0.717, 1.165) is 19.3 Å². The van der Waals surface area contributed by atoms with Crippen LogP contribution in [0, 0.1) is 11.8 Å². The fourth-order valence-electron chi connectivity index (χ4n) is 8.09. The van der Waals surface area contributed by atoms with Gasteiger partial charge in [0.25, 0.3) is 0 Å². The molecule has 3 amide bonds. The zero-order valence-electron chi connectivity index (χ0n) is 29.5. The molecule has 0 radical (unpaired) electrons. The van der Waals surface area contributed by atoms with E-state index in [1.807, 2.05) is 60.7 Å². The van der Waals surface area contributed by atoms with Crippen molar-refractivity contribution in [1.82, 2.24) is 15.1 Å². The summed E-state index contributed by atoms with van der Waals surface area (Å²) >= 11 is 3.75. The Labute approximate surface area is 309 Å². The van der Waals surface area contributed by atoms with Gasteiger partial charge in [0.05, 0.1) is 36.6 Å². The number of aliphatic hydroxyl groups excluding tert-OH is 1. The molecule has 10 nitrogen and oxygen atoms in total. The second kappa shape index (κ2) is 17.1. The van der Waals surface area contributed by atoms with Crippen LogP contribution in [0.1, 0.15) is 75.6 Å². The fraction of sp³-hybridized carbons (Fsp3) is 0.500. The monoisotopic (exact) mass is 763 g/mol. The highest BCUT2D eigenvalue weighted by atomic mass is 79.9. The Balaban J connectivity index is 1.54. The normalized spacial score (nSPS) is 26.5. The van der Waals surface area contributed by atoms with Gasteiger partial charge in [0, 0.05) is 24.3 Å². The largest absolute Gasteiger partial charge is 0.455 e. The molecule has 3 aliphatic rings. The summed E-state index contributed by atoms with van der Waals surface area (Å²) in [5.41, 5.74) is -0.00548. The molecule has 0 aromatic heterocycles. The van der Waals surface area contributed by atoms with E-state index in [4.69, 9.17) is 9.47 Å². The van der Waals surface area contributed by atoms with Crippen LogP contribution in [0.25, 0.3) is 0 Å². The summed E-state index contributed by atoms with van der Waals surface area (Å²) in [5.74, 6) is -3.67. The summed E-state index contributed by atoms with van der Waals surface area (Å²) in [5, 5.41) is 13.8. The molecule has 3 aliphatic heterocycles. The molecule has 1 spiro atoms. The van der Waals surface area contributed by atoms with Gasteiger partial charge in [-0.3, -0.25) is 19.2 Å². The van der Waals surface area contributed by atoms with E-state index >= 15 is 0 Å². The van der Waals surface area contributed by atoms with Gasteiger partial charge in [-0.25, -0.2) is 0 Å². The zero-order valence-corrected chi connectivity index (χ0v) is 31.1. The first-order valence-corrected chi connectivity index (χ1v) is 18.9. The number of carbonyl (C=O) groups excluding carboxylic acids is 4. The van der Waals surface area contributed by atoms with Crippen molar-refractivity contribution in [3.8, 4) is 0 Å².